The van der Waals surface area contributed by atoms with Crippen LogP contribution in [0.1, 0.15) is 5.56 Å². The lowest BCUT2D eigenvalue weighted by atomic mass is 10.1. The first kappa shape index (κ1) is 14.9. The molecule has 0 saturated heterocycles. The first-order valence-corrected chi connectivity index (χ1v) is 6.58. The SMILES string of the molecule is C#CCN(C(=O)S)c1ccc(-c2n[nH]c(=O)cc2C)cc1. The van der Waals surface area contributed by atoms with E-state index in [1.807, 2.05) is 19.1 Å². The van der Waals surface area contributed by atoms with Gasteiger partial charge in [-0.25, -0.2) is 5.10 Å². The Labute approximate surface area is 127 Å². The van der Waals surface area contributed by atoms with Crippen LogP contribution in [0, 0.1) is 19.3 Å². The van der Waals surface area contributed by atoms with E-state index in [0.29, 0.717) is 11.4 Å². The highest BCUT2D eigenvalue weighted by atomic mass is 32.1. The van der Waals surface area contributed by atoms with Crippen LogP contribution in [-0.2, 0) is 0 Å². The molecule has 0 atom stereocenters. The third-order valence-electron chi connectivity index (χ3n) is 2.93. The topological polar surface area (TPSA) is 66.1 Å². The van der Waals surface area contributed by atoms with E-state index in [9.17, 15) is 9.59 Å². The number of aryl methyl sites for hydroxylation is 1. The second kappa shape index (κ2) is 6.29. The molecule has 2 rings (SSSR count). The molecule has 0 unspecified atom stereocenters. The average molecular weight is 299 g/mol. The van der Waals surface area contributed by atoms with Crippen molar-refractivity contribution >= 4 is 23.6 Å². The zero-order valence-corrected chi connectivity index (χ0v) is 12.2. The molecule has 106 valence electrons. The van der Waals surface area contributed by atoms with Crippen LogP contribution in [0.4, 0.5) is 10.5 Å². The molecule has 1 heterocycles. The van der Waals surface area contributed by atoms with Crippen molar-refractivity contribution in [2.45, 2.75) is 6.92 Å². The smallest absolute Gasteiger partial charge is 0.283 e. The Morgan fingerprint density at radius 3 is 2.62 bits per heavy atom. The zero-order valence-electron chi connectivity index (χ0n) is 11.3. The maximum atomic E-state index is 11.4. The van der Waals surface area contributed by atoms with Gasteiger partial charge in [0.05, 0.1) is 12.2 Å². The van der Waals surface area contributed by atoms with Gasteiger partial charge in [-0.3, -0.25) is 14.5 Å². The van der Waals surface area contributed by atoms with Gasteiger partial charge in [-0.15, -0.1) is 6.42 Å². The minimum atomic E-state index is -0.418. The van der Waals surface area contributed by atoms with Crippen molar-refractivity contribution < 1.29 is 4.79 Å². The largest absolute Gasteiger partial charge is 0.292 e. The number of rotatable bonds is 3. The summed E-state index contributed by atoms with van der Waals surface area (Å²) in [5.41, 5.74) is 2.70. The number of anilines is 1. The van der Waals surface area contributed by atoms with Crippen LogP contribution in [0.3, 0.4) is 0 Å². The van der Waals surface area contributed by atoms with Gasteiger partial charge in [0.25, 0.3) is 10.8 Å². The second-order valence-electron chi connectivity index (χ2n) is 4.38. The number of terminal acetylenes is 1. The van der Waals surface area contributed by atoms with Gasteiger partial charge in [-0.1, -0.05) is 30.7 Å². The van der Waals surface area contributed by atoms with Gasteiger partial charge in [0.1, 0.15) is 0 Å². The minimum Gasteiger partial charge on any atom is -0.292 e. The van der Waals surface area contributed by atoms with Crippen LogP contribution in [-0.4, -0.2) is 22.0 Å². The highest BCUT2D eigenvalue weighted by Gasteiger charge is 2.11. The van der Waals surface area contributed by atoms with Gasteiger partial charge < -0.3 is 0 Å². The van der Waals surface area contributed by atoms with Gasteiger partial charge in [0.2, 0.25) is 0 Å². The van der Waals surface area contributed by atoms with E-state index in [1.54, 1.807) is 12.1 Å². The molecule has 0 aliphatic heterocycles. The van der Waals surface area contributed by atoms with Crippen LogP contribution < -0.4 is 10.5 Å². The first-order valence-electron chi connectivity index (χ1n) is 6.13. The Kier molecular flexibility index (Phi) is 4.45. The van der Waals surface area contributed by atoms with Gasteiger partial charge in [0, 0.05) is 17.3 Å². The second-order valence-corrected chi connectivity index (χ2v) is 4.77. The van der Waals surface area contributed by atoms with E-state index in [0.717, 1.165) is 11.1 Å². The van der Waals surface area contributed by atoms with E-state index in [2.05, 4.69) is 28.7 Å². The molecule has 1 N–H and O–H groups in total. The third kappa shape index (κ3) is 3.33. The Hall–Kier alpha value is -2.52. The predicted octanol–water partition coefficient (Wildman–Crippen LogP) is 2.23. The molecule has 6 heteroatoms. The van der Waals surface area contributed by atoms with Gasteiger partial charge in [-0.2, -0.15) is 5.10 Å². The number of aromatic amines is 1. The van der Waals surface area contributed by atoms with Crippen molar-refractivity contribution in [1.29, 1.82) is 0 Å². The highest BCUT2D eigenvalue weighted by molar-refractivity contribution is 7.96. The van der Waals surface area contributed by atoms with Gasteiger partial charge >= 0.3 is 0 Å². The van der Waals surface area contributed by atoms with E-state index < -0.39 is 5.24 Å². The number of carbonyl (C=O) groups is 1. The van der Waals surface area contributed by atoms with E-state index in [-0.39, 0.29) is 12.1 Å². The molecule has 0 bridgehead atoms. The van der Waals surface area contributed by atoms with Gasteiger partial charge in [-0.05, 0) is 24.6 Å². The predicted molar refractivity (Wildman–Crippen MR) is 85.6 cm³/mol. The lowest BCUT2D eigenvalue weighted by Gasteiger charge is -2.17. The Morgan fingerprint density at radius 2 is 2.10 bits per heavy atom. The van der Waals surface area contributed by atoms with Crippen molar-refractivity contribution in [2.24, 2.45) is 0 Å². The standard InChI is InChI=1S/C15H13N3O2S/c1-3-8-18(15(20)21)12-6-4-11(5-7-12)14-10(2)9-13(19)16-17-14/h1,4-7,9H,8H2,2H3,(H,16,19)(H,20,21). The monoisotopic (exact) mass is 299 g/mol. The molecule has 0 aliphatic carbocycles. The van der Waals surface area contributed by atoms with Crippen LogP contribution in [0.25, 0.3) is 11.3 Å². The Morgan fingerprint density at radius 1 is 1.43 bits per heavy atom. The summed E-state index contributed by atoms with van der Waals surface area (Å²) < 4.78 is 0. The zero-order chi connectivity index (χ0) is 15.4. The van der Waals surface area contributed by atoms with Crippen LogP contribution in [0.5, 0.6) is 0 Å². The molecule has 0 fully saturated rings. The minimum absolute atomic E-state index is 0.150. The number of aromatic nitrogens is 2. The lowest BCUT2D eigenvalue weighted by Crippen LogP contribution is -2.25. The Balaban J connectivity index is 2.36. The molecule has 5 nitrogen and oxygen atoms in total. The summed E-state index contributed by atoms with van der Waals surface area (Å²) in [6.07, 6.45) is 5.24. The lowest BCUT2D eigenvalue weighted by molar-refractivity contribution is 0.266. The number of carbonyl (C=O) groups excluding carboxylic acids is 1. The molecule has 0 spiro atoms. The maximum Gasteiger partial charge on any atom is 0.283 e. The van der Waals surface area contributed by atoms with E-state index in [4.69, 9.17) is 6.42 Å². The molecule has 0 radical (unpaired) electrons. The fourth-order valence-corrected chi connectivity index (χ4v) is 2.13. The van der Waals surface area contributed by atoms with Crippen molar-refractivity contribution in [3.8, 4) is 23.6 Å². The number of nitrogens with zero attached hydrogens (tertiary/aromatic N) is 2. The third-order valence-corrected chi connectivity index (χ3v) is 3.17. The molecule has 1 aromatic heterocycles. The molecule has 0 aliphatic rings. The van der Waals surface area contributed by atoms with Gasteiger partial charge in [0.15, 0.2) is 0 Å². The molecule has 1 amide bonds. The normalized spacial score (nSPS) is 9.95. The number of amides is 1. The summed E-state index contributed by atoms with van der Waals surface area (Å²) >= 11 is 3.80. The van der Waals surface area contributed by atoms with Crippen LogP contribution in [0.15, 0.2) is 35.1 Å². The molecular formula is C15H13N3O2S. The first-order chi connectivity index (χ1) is 10.0. The number of H-pyrrole nitrogens is 1. The van der Waals surface area contributed by atoms with Crippen molar-refractivity contribution in [1.82, 2.24) is 10.2 Å². The molecule has 21 heavy (non-hydrogen) atoms. The van der Waals surface area contributed by atoms with Crippen LogP contribution >= 0.6 is 12.6 Å². The van der Waals surface area contributed by atoms with E-state index >= 15 is 0 Å². The Bertz CT molecular complexity index is 760. The van der Waals surface area contributed by atoms with Crippen LogP contribution in [0.2, 0.25) is 0 Å². The number of thiol groups is 1. The maximum absolute atomic E-state index is 11.4. The number of hydrogen-bond donors (Lipinski definition) is 2. The van der Waals surface area contributed by atoms with Crippen molar-refractivity contribution in [3.63, 3.8) is 0 Å². The molecule has 2 aromatic rings. The fraction of sp³-hybridized carbons (Fsp3) is 0.133. The quantitative estimate of drug-likeness (QED) is 0.675. The molecule has 1 aromatic carbocycles. The summed E-state index contributed by atoms with van der Waals surface area (Å²) in [4.78, 5) is 24.0. The number of benzene rings is 1. The summed E-state index contributed by atoms with van der Waals surface area (Å²) in [6, 6.07) is 8.62. The highest BCUT2D eigenvalue weighted by Crippen LogP contribution is 2.23. The summed E-state index contributed by atoms with van der Waals surface area (Å²) in [5.74, 6) is 2.41. The van der Waals surface area contributed by atoms with E-state index in [1.165, 1.54) is 11.0 Å². The van der Waals surface area contributed by atoms with Crippen molar-refractivity contribution in [3.05, 3.63) is 46.2 Å². The van der Waals surface area contributed by atoms with Crippen molar-refractivity contribution in [2.75, 3.05) is 11.4 Å². The summed E-state index contributed by atoms with van der Waals surface area (Å²) in [5, 5.41) is 6.02. The number of hydrogen-bond acceptors (Lipinski definition) is 3. The summed E-state index contributed by atoms with van der Waals surface area (Å²) in [7, 11) is 0. The summed E-state index contributed by atoms with van der Waals surface area (Å²) in [6.45, 7) is 1.96. The molecule has 0 saturated carbocycles. The number of nitrogens with one attached hydrogen (secondary N) is 1. The average Bonchev–Trinajstić information content (AvgIpc) is 2.45. The molecular weight excluding hydrogens is 286 g/mol. The fourth-order valence-electron chi connectivity index (χ4n) is 1.95.